The maximum Gasteiger partial charge on any atom is 0.275 e. The summed E-state index contributed by atoms with van der Waals surface area (Å²) in [4.78, 5) is 30.4. The highest BCUT2D eigenvalue weighted by Gasteiger charge is 2.15. The van der Waals surface area contributed by atoms with E-state index in [9.17, 15) is 9.59 Å². The smallest absolute Gasteiger partial charge is 0.267 e. The largest absolute Gasteiger partial charge is 0.275 e. The Hall–Kier alpha value is -4.93. The lowest BCUT2D eigenvalue weighted by molar-refractivity contribution is 0.0847. The Kier molecular flexibility index (Phi) is 5.25. The molecule has 0 saturated carbocycles. The Morgan fingerprint density at radius 3 is 2.52 bits per heavy atom. The highest BCUT2D eigenvalue weighted by molar-refractivity contribution is 6.02. The molecule has 2 amide bonds. The number of carbonyl (C=O) groups is 2. The Bertz CT molecular complexity index is 1430. The number of hydrogen-bond donors (Lipinski definition) is 2. The molecule has 162 valence electrons. The molecule has 0 atom stereocenters. The van der Waals surface area contributed by atoms with Gasteiger partial charge in [-0.1, -0.05) is 42.5 Å². The van der Waals surface area contributed by atoms with Gasteiger partial charge in [0.05, 0.1) is 12.7 Å². The van der Waals surface area contributed by atoms with Crippen molar-refractivity contribution in [3.05, 3.63) is 95.9 Å². The Morgan fingerprint density at radius 1 is 0.909 bits per heavy atom. The zero-order valence-corrected chi connectivity index (χ0v) is 17.2. The third kappa shape index (κ3) is 4.28. The van der Waals surface area contributed by atoms with Crippen molar-refractivity contribution in [2.75, 3.05) is 0 Å². The van der Waals surface area contributed by atoms with Crippen molar-refractivity contribution in [1.82, 2.24) is 45.7 Å². The molecule has 0 bridgehead atoms. The van der Waals surface area contributed by atoms with Gasteiger partial charge in [-0.15, -0.1) is 10.2 Å². The topological polar surface area (TPSA) is 132 Å². The molecule has 0 aliphatic carbocycles. The van der Waals surface area contributed by atoms with E-state index in [0.717, 1.165) is 11.1 Å². The number of carbonyl (C=O) groups excluding carboxylic acids is 2. The molecule has 3 heterocycles. The molecule has 0 fully saturated rings. The van der Waals surface area contributed by atoms with Crippen LogP contribution in [0.5, 0.6) is 0 Å². The molecule has 0 aliphatic heterocycles. The van der Waals surface area contributed by atoms with Gasteiger partial charge in [-0.3, -0.25) is 20.4 Å². The second-order valence-corrected chi connectivity index (χ2v) is 7.06. The van der Waals surface area contributed by atoms with Crippen LogP contribution in [0.2, 0.25) is 0 Å². The van der Waals surface area contributed by atoms with E-state index >= 15 is 0 Å². The molecule has 0 aliphatic rings. The summed E-state index contributed by atoms with van der Waals surface area (Å²) < 4.78 is 1.47. The number of amides is 2. The van der Waals surface area contributed by atoms with Gasteiger partial charge >= 0.3 is 0 Å². The number of nitrogens with zero attached hydrogens (tertiary/aromatic N) is 7. The van der Waals surface area contributed by atoms with Crippen LogP contribution in [0.3, 0.4) is 0 Å². The van der Waals surface area contributed by atoms with Crippen molar-refractivity contribution in [3.63, 3.8) is 0 Å². The lowest BCUT2D eigenvalue weighted by atomic mass is 10.1. The molecule has 5 aromatic rings. The van der Waals surface area contributed by atoms with E-state index in [2.05, 4.69) is 36.3 Å². The van der Waals surface area contributed by atoms with Crippen LogP contribution >= 0.6 is 0 Å². The predicted molar refractivity (Wildman–Crippen MR) is 117 cm³/mol. The van der Waals surface area contributed by atoms with Crippen molar-refractivity contribution < 1.29 is 9.59 Å². The summed E-state index contributed by atoms with van der Waals surface area (Å²) in [6, 6.07) is 18.2. The normalized spacial score (nSPS) is 10.8. The van der Waals surface area contributed by atoms with Crippen LogP contribution in [0.1, 0.15) is 26.3 Å². The first-order chi connectivity index (χ1) is 16.2. The lowest BCUT2D eigenvalue weighted by Crippen LogP contribution is -2.41. The van der Waals surface area contributed by atoms with Gasteiger partial charge in [-0.2, -0.15) is 9.90 Å². The molecule has 0 spiro atoms. The molecular weight excluding hydrogens is 422 g/mol. The fraction of sp³-hybridized carbons (Fsp3) is 0.0455. The average molecular weight is 439 g/mol. The Labute approximate surface area is 187 Å². The molecule has 0 saturated heterocycles. The van der Waals surface area contributed by atoms with Crippen LogP contribution in [0.25, 0.3) is 17.0 Å². The third-order valence-corrected chi connectivity index (χ3v) is 4.84. The predicted octanol–water partition coefficient (Wildman–Crippen LogP) is 1.51. The number of aromatic nitrogens is 7. The van der Waals surface area contributed by atoms with E-state index in [4.69, 9.17) is 0 Å². The van der Waals surface area contributed by atoms with Gasteiger partial charge in [0, 0.05) is 23.5 Å². The maximum absolute atomic E-state index is 12.4. The second-order valence-electron chi connectivity index (χ2n) is 7.06. The Morgan fingerprint density at radius 2 is 1.70 bits per heavy atom. The highest BCUT2D eigenvalue weighted by Crippen LogP contribution is 2.13. The quantitative estimate of drug-likeness (QED) is 0.397. The zero-order chi connectivity index (χ0) is 22.6. The van der Waals surface area contributed by atoms with Gasteiger partial charge in [-0.05, 0) is 29.0 Å². The Balaban J connectivity index is 1.19. The van der Waals surface area contributed by atoms with E-state index < -0.39 is 11.8 Å². The summed E-state index contributed by atoms with van der Waals surface area (Å²) >= 11 is 0. The van der Waals surface area contributed by atoms with Crippen molar-refractivity contribution in [2.45, 2.75) is 6.54 Å². The number of hydrogen-bond acceptors (Lipinski definition) is 7. The van der Waals surface area contributed by atoms with Crippen molar-refractivity contribution in [3.8, 4) is 11.4 Å². The number of tetrazole rings is 1. The molecule has 0 radical (unpaired) electrons. The molecule has 2 N–H and O–H groups in total. The minimum Gasteiger partial charge on any atom is -0.267 e. The number of fused-ring (bicyclic) bond motifs is 1. The van der Waals surface area contributed by atoms with Crippen LogP contribution in [0.4, 0.5) is 0 Å². The highest BCUT2D eigenvalue weighted by atomic mass is 16.2. The monoisotopic (exact) mass is 439 g/mol. The SMILES string of the molecule is O=C(NNC(=O)c1cnn2cccnc12)c1ccc(Cn2nnc(-c3ccccc3)n2)cc1. The molecule has 0 unspecified atom stereocenters. The molecule has 11 heteroatoms. The summed E-state index contributed by atoms with van der Waals surface area (Å²) in [7, 11) is 0. The van der Waals surface area contributed by atoms with Gasteiger partial charge in [0.15, 0.2) is 5.65 Å². The first-order valence-electron chi connectivity index (χ1n) is 9.98. The second kappa shape index (κ2) is 8.67. The van der Waals surface area contributed by atoms with Crippen molar-refractivity contribution in [2.24, 2.45) is 0 Å². The summed E-state index contributed by atoms with van der Waals surface area (Å²) in [6.07, 6.45) is 4.63. The fourth-order valence-electron chi connectivity index (χ4n) is 3.18. The van der Waals surface area contributed by atoms with Crippen molar-refractivity contribution in [1.29, 1.82) is 0 Å². The number of benzene rings is 2. The first-order valence-corrected chi connectivity index (χ1v) is 9.98. The lowest BCUT2D eigenvalue weighted by Gasteiger charge is -2.07. The van der Waals surface area contributed by atoms with Crippen LogP contribution in [-0.4, -0.2) is 46.6 Å². The summed E-state index contributed by atoms with van der Waals surface area (Å²) in [6.45, 7) is 0.403. The first kappa shape index (κ1) is 20.0. The summed E-state index contributed by atoms with van der Waals surface area (Å²) in [5.41, 5.74) is 7.59. The van der Waals surface area contributed by atoms with E-state index in [-0.39, 0.29) is 5.56 Å². The number of rotatable bonds is 5. The van der Waals surface area contributed by atoms with E-state index in [1.54, 1.807) is 42.7 Å². The third-order valence-electron chi connectivity index (χ3n) is 4.84. The van der Waals surface area contributed by atoms with Gasteiger partial charge in [0.2, 0.25) is 5.82 Å². The van der Waals surface area contributed by atoms with E-state index in [0.29, 0.717) is 23.6 Å². The molecule has 11 nitrogen and oxygen atoms in total. The standard InChI is InChI=1S/C22H17N9O2/c32-21(26-27-22(33)18-13-24-30-12-4-11-23-20(18)30)17-9-7-15(8-10-17)14-31-28-19(25-29-31)16-5-2-1-3-6-16/h1-13H,14H2,(H,26,32)(H,27,33). The molecule has 33 heavy (non-hydrogen) atoms. The molecule has 2 aromatic carbocycles. The fourth-order valence-corrected chi connectivity index (χ4v) is 3.18. The van der Waals surface area contributed by atoms with Crippen LogP contribution in [0.15, 0.2) is 79.3 Å². The zero-order valence-electron chi connectivity index (χ0n) is 17.2. The molecule has 5 rings (SSSR count). The maximum atomic E-state index is 12.4. The van der Waals surface area contributed by atoms with Crippen LogP contribution in [-0.2, 0) is 6.54 Å². The average Bonchev–Trinajstić information content (AvgIpc) is 3.51. The summed E-state index contributed by atoms with van der Waals surface area (Å²) in [5.74, 6) is -0.423. The van der Waals surface area contributed by atoms with Crippen LogP contribution in [0, 0.1) is 0 Å². The van der Waals surface area contributed by atoms with E-state index in [1.807, 2.05) is 30.3 Å². The number of hydrazine groups is 1. The van der Waals surface area contributed by atoms with Gasteiger partial charge in [0.25, 0.3) is 11.8 Å². The molecule has 3 aromatic heterocycles. The van der Waals surface area contributed by atoms with E-state index in [1.165, 1.54) is 15.5 Å². The van der Waals surface area contributed by atoms with Gasteiger partial charge < -0.3 is 0 Å². The van der Waals surface area contributed by atoms with Gasteiger partial charge in [0.1, 0.15) is 5.56 Å². The number of nitrogens with one attached hydrogen (secondary N) is 2. The van der Waals surface area contributed by atoms with Gasteiger partial charge in [-0.25, -0.2) is 9.50 Å². The minimum atomic E-state index is -0.514. The van der Waals surface area contributed by atoms with Crippen molar-refractivity contribution >= 4 is 17.5 Å². The summed E-state index contributed by atoms with van der Waals surface area (Å²) in [5, 5.41) is 16.6. The minimum absolute atomic E-state index is 0.251. The molecular formula is C22H17N9O2. The van der Waals surface area contributed by atoms with Crippen LogP contribution < -0.4 is 10.9 Å².